The van der Waals surface area contributed by atoms with E-state index in [1.54, 1.807) is 18.3 Å². The normalized spacial score (nSPS) is 12.6. The number of hydrogen-bond acceptors (Lipinski definition) is 7. The number of aromatic nitrogens is 2. The van der Waals surface area contributed by atoms with Crippen molar-refractivity contribution in [2.24, 2.45) is 0 Å². The van der Waals surface area contributed by atoms with Gasteiger partial charge in [0.25, 0.3) is 0 Å². The van der Waals surface area contributed by atoms with Gasteiger partial charge >= 0.3 is 6.18 Å². The molecule has 0 radical (unpaired) electrons. The van der Waals surface area contributed by atoms with Gasteiger partial charge in [-0.2, -0.15) is 13.2 Å². The molecule has 2 heterocycles. The molecule has 3 aromatic rings. The fourth-order valence-electron chi connectivity index (χ4n) is 2.30. The molecule has 0 saturated heterocycles. The number of rotatable bonds is 8. The van der Waals surface area contributed by atoms with Crippen molar-refractivity contribution in [1.82, 2.24) is 10.2 Å². The van der Waals surface area contributed by atoms with Crippen LogP contribution in [0.25, 0.3) is 0 Å². The second-order valence-electron chi connectivity index (χ2n) is 5.96. The van der Waals surface area contributed by atoms with Crippen LogP contribution in [0, 0.1) is 0 Å². The lowest BCUT2D eigenvalue weighted by Crippen LogP contribution is -2.22. The Morgan fingerprint density at radius 2 is 2.07 bits per heavy atom. The molecule has 0 fully saturated rings. The number of amides is 1. The topological polar surface area (TPSA) is 66.9 Å². The van der Waals surface area contributed by atoms with Gasteiger partial charge in [-0.05, 0) is 43.0 Å². The summed E-state index contributed by atoms with van der Waals surface area (Å²) in [5.41, 5.74) is -0.705. The highest BCUT2D eigenvalue weighted by Gasteiger charge is 2.30. The molecule has 3 rings (SSSR count). The van der Waals surface area contributed by atoms with Gasteiger partial charge in [0.05, 0.1) is 10.8 Å². The first kappa shape index (κ1) is 21.6. The monoisotopic (exact) mass is 458 g/mol. The van der Waals surface area contributed by atoms with Crippen molar-refractivity contribution >= 4 is 51.2 Å². The molecule has 0 aliphatic rings. The summed E-state index contributed by atoms with van der Waals surface area (Å²) in [5, 5.41) is 16.0. The minimum atomic E-state index is -4.46. The van der Waals surface area contributed by atoms with Crippen molar-refractivity contribution in [3.63, 3.8) is 0 Å². The number of nitrogens with one attached hydrogen (secondary N) is 2. The number of carbonyl (C=O) groups is 1. The molecular formula is C18H17F3N4OS3. The van der Waals surface area contributed by atoms with Crippen LogP contribution in [-0.2, 0) is 17.4 Å². The van der Waals surface area contributed by atoms with Crippen molar-refractivity contribution < 1.29 is 18.0 Å². The first-order chi connectivity index (χ1) is 13.8. The third-order valence-electron chi connectivity index (χ3n) is 3.74. The molecule has 1 amide bonds. The van der Waals surface area contributed by atoms with Gasteiger partial charge in [-0.25, -0.2) is 0 Å². The smallest absolute Gasteiger partial charge is 0.360 e. The van der Waals surface area contributed by atoms with Crippen LogP contribution in [0.5, 0.6) is 0 Å². The molecule has 5 nitrogen and oxygen atoms in total. The summed E-state index contributed by atoms with van der Waals surface area (Å²) in [6, 6.07) is 8.63. The molecule has 2 aromatic heterocycles. The maximum absolute atomic E-state index is 12.8. The number of benzene rings is 1. The van der Waals surface area contributed by atoms with E-state index in [1.807, 2.05) is 11.4 Å². The lowest BCUT2D eigenvalue weighted by Gasteiger charge is -2.12. The van der Waals surface area contributed by atoms with Gasteiger partial charge < -0.3 is 10.6 Å². The van der Waals surface area contributed by atoms with Crippen LogP contribution < -0.4 is 10.6 Å². The van der Waals surface area contributed by atoms with E-state index in [1.165, 1.54) is 40.1 Å². The van der Waals surface area contributed by atoms with Gasteiger partial charge in [0.1, 0.15) is 0 Å². The van der Waals surface area contributed by atoms with E-state index in [9.17, 15) is 18.0 Å². The Morgan fingerprint density at radius 1 is 1.24 bits per heavy atom. The van der Waals surface area contributed by atoms with Gasteiger partial charge in [0, 0.05) is 17.1 Å². The molecule has 154 valence electrons. The number of halogens is 3. The second-order valence-corrected chi connectivity index (χ2v) is 9.55. The van der Waals surface area contributed by atoms with E-state index >= 15 is 0 Å². The second kappa shape index (κ2) is 9.59. The van der Waals surface area contributed by atoms with Gasteiger partial charge in [-0.1, -0.05) is 35.2 Å². The maximum Gasteiger partial charge on any atom is 0.416 e. The highest BCUT2D eigenvalue weighted by Crippen LogP contribution is 2.32. The Kier molecular flexibility index (Phi) is 7.14. The molecule has 0 aliphatic carbocycles. The summed E-state index contributed by atoms with van der Waals surface area (Å²) < 4.78 is 39.0. The van der Waals surface area contributed by atoms with E-state index in [-0.39, 0.29) is 5.69 Å². The zero-order valence-electron chi connectivity index (χ0n) is 15.2. The molecule has 29 heavy (non-hydrogen) atoms. The van der Waals surface area contributed by atoms with Crippen LogP contribution >= 0.6 is 34.4 Å². The third kappa shape index (κ3) is 6.44. The zero-order valence-corrected chi connectivity index (χ0v) is 17.6. The van der Waals surface area contributed by atoms with Crippen LogP contribution in [0.3, 0.4) is 0 Å². The van der Waals surface area contributed by atoms with Gasteiger partial charge in [0.2, 0.25) is 11.0 Å². The number of alkyl halides is 3. The summed E-state index contributed by atoms with van der Waals surface area (Å²) in [6.07, 6.45) is -3.57. The number of carbonyl (C=O) groups excluding carboxylic acids is 1. The molecule has 11 heteroatoms. The SMILES string of the molecule is CC(Sc1nnc(NCCc2cccs2)s1)C(=O)Nc1cccc(C(F)(F)F)c1. The molecule has 0 aliphatic heterocycles. The van der Waals surface area contributed by atoms with E-state index < -0.39 is 22.9 Å². The summed E-state index contributed by atoms with van der Waals surface area (Å²) in [5.74, 6) is -0.406. The summed E-state index contributed by atoms with van der Waals surface area (Å²) >= 11 is 4.23. The summed E-state index contributed by atoms with van der Waals surface area (Å²) in [7, 11) is 0. The molecule has 2 N–H and O–H groups in total. The summed E-state index contributed by atoms with van der Waals surface area (Å²) in [6.45, 7) is 2.39. The highest BCUT2D eigenvalue weighted by molar-refractivity contribution is 8.02. The standard InChI is InChI=1S/C18H17F3N4OS3/c1-11(15(26)23-13-5-2-4-12(10-13)18(19,20)21)28-17-25-24-16(29-17)22-8-7-14-6-3-9-27-14/h2-6,9-11H,7-8H2,1H3,(H,22,24)(H,23,26). The maximum atomic E-state index is 12.8. The molecule has 0 bridgehead atoms. The fraction of sp³-hybridized carbons (Fsp3) is 0.278. The lowest BCUT2D eigenvalue weighted by molar-refractivity contribution is -0.137. The highest BCUT2D eigenvalue weighted by atomic mass is 32.2. The van der Waals surface area contributed by atoms with Crippen molar-refractivity contribution in [2.75, 3.05) is 17.2 Å². The van der Waals surface area contributed by atoms with Gasteiger partial charge in [-0.3, -0.25) is 4.79 Å². The van der Waals surface area contributed by atoms with Crippen molar-refractivity contribution in [1.29, 1.82) is 0 Å². The first-order valence-electron chi connectivity index (χ1n) is 8.56. The molecule has 0 spiro atoms. The van der Waals surface area contributed by atoms with E-state index in [2.05, 4.69) is 26.9 Å². The van der Waals surface area contributed by atoms with Crippen molar-refractivity contribution in [2.45, 2.75) is 29.1 Å². The Bertz CT molecular complexity index is 944. The average molecular weight is 459 g/mol. The minimum Gasteiger partial charge on any atom is -0.360 e. The Hall–Kier alpha value is -2.11. The number of anilines is 2. The minimum absolute atomic E-state index is 0.102. The number of thiophene rings is 1. The third-order valence-corrected chi connectivity index (χ3v) is 6.74. The van der Waals surface area contributed by atoms with E-state index in [0.717, 1.165) is 25.1 Å². The van der Waals surface area contributed by atoms with E-state index in [0.29, 0.717) is 9.47 Å². The lowest BCUT2D eigenvalue weighted by atomic mass is 10.2. The first-order valence-corrected chi connectivity index (χ1v) is 11.1. The molecule has 0 saturated carbocycles. The van der Waals surface area contributed by atoms with Crippen LogP contribution in [0.1, 0.15) is 17.4 Å². The molecular weight excluding hydrogens is 441 g/mol. The van der Waals surface area contributed by atoms with E-state index in [4.69, 9.17) is 0 Å². The molecule has 1 unspecified atom stereocenters. The average Bonchev–Trinajstić information content (AvgIpc) is 3.33. The van der Waals surface area contributed by atoms with Crippen LogP contribution in [-0.4, -0.2) is 27.9 Å². The Morgan fingerprint density at radius 3 is 2.79 bits per heavy atom. The number of thioether (sulfide) groups is 1. The number of hydrogen-bond donors (Lipinski definition) is 2. The van der Waals surface area contributed by atoms with Gasteiger partial charge in [-0.15, -0.1) is 21.5 Å². The van der Waals surface area contributed by atoms with Crippen LogP contribution in [0.2, 0.25) is 0 Å². The van der Waals surface area contributed by atoms with Gasteiger partial charge in [0.15, 0.2) is 4.34 Å². The molecule has 1 aromatic carbocycles. The summed E-state index contributed by atoms with van der Waals surface area (Å²) in [4.78, 5) is 13.6. The van der Waals surface area contributed by atoms with Crippen LogP contribution in [0.4, 0.5) is 24.0 Å². The predicted octanol–water partition coefficient (Wildman–Crippen LogP) is 5.39. The van der Waals surface area contributed by atoms with Crippen LogP contribution in [0.15, 0.2) is 46.1 Å². The predicted molar refractivity (Wildman–Crippen MR) is 112 cm³/mol. The largest absolute Gasteiger partial charge is 0.416 e. The Balaban J connectivity index is 1.50. The zero-order chi connectivity index (χ0) is 20.9. The van der Waals surface area contributed by atoms with Crippen molar-refractivity contribution in [3.8, 4) is 0 Å². The van der Waals surface area contributed by atoms with Crippen molar-refractivity contribution in [3.05, 3.63) is 52.2 Å². The number of nitrogens with zero attached hydrogens (tertiary/aromatic N) is 2. The quantitative estimate of drug-likeness (QED) is 0.443. The fourth-order valence-corrected chi connectivity index (χ4v) is 4.93. The molecule has 1 atom stereocenters. The Labute approximate surface area is 177 Å².